The predicted molar refractivity (Wildman–Crippen MR) is 116 cm³/mol. The van der Waals surface area contributed by atoms with Crippen molar-refractivity contribution in [1.82, 2.24) is 0 Å². The van der Waals surface area contributed by atoms with Gasteiger partial charge in [-0.3, -0.25) is 0 Å². The van der Waals surface area contributed by atoms with E-state index in [4.69, 9.17) is 25.5 Å². The number of carbonyl (C=O) groups excluding carboxylic acids is 1. The van der Waals surface area contributed by atoms with Gasteiger partial charge >= 0.3 is 5.97 Å². The van der Waals surface area contributed by atoms with E-state index < -0.39 is 15.8 Å². The molecule has 0 atom stereocenters. The van der Waals surface area contributed by atoms with E-state index in [0.29, 0.717) is 17.1 Å². The number of esters is 1. The fraction of sp³-hybridized carbons (Fsp3) is 0.136. The Bertz CT molecular complexity index is 1240. The summed E-state index contributed by atoms with van der Waals surface area (Å²) >= 11 is 6.00. The van der Waals surface area contributed by atoms with Gasteiger partial charge in [0.15, 0.2) is 11.5 Å². The lowest BCUT2D eigenvalue weighted by Crippen LogP contribution is -2.04. The predicted octanol–water partition coefficient (Wildman–Crippen LogP) is 4.71. The summed E-state index contributed by atoms with van der Waals surface area (Å²) in [5.41, 5.74) is 0.509. The standard InChI is InChI=1S/C22H19ClO7S/c1-27-17-8-7-14(11-20(17)28-2)12-21(18-9-10-19(30-18)22(24)29-3)31(25,26)16-6-4-5-15(23)13-16/h4-13H,1-3H3/b21-12+. The van der Waals surface area contributed by atoms with E-state index in [1.54, 1.807) is 24.3 Å². The second-order valence-electron chi connectivity index (χ2n) is 6.24. The molecule has 0 bridgehead atoms. The van der Waals surface area contributed by atoms with Gasteiger partial charge in [-0.1, -0.05) is 23.7 Å². The number of benzene rings is 2. The Morgan fingerprint density at radius 3 is 2.29 bits per heavy atom. The van der Waals surface area contributed by atoms with Crippen LogP contribution in [0.3, 0.4) is 0 Å². The van der Waals surface area contributed by atoms with Crippen molar-refractivity contribution >= 4 is 38.4 Å². The minimum atomic E-state index is -4.07. The van der Waals surface area contributed by atoms with Gasteiger partial charge in [0.25, 0.3) is 0 Å². The van der Waals surface area contributed by atoms with Crippen molar-refractivity contribution in [3.8, 4) is 11.5 Å². The maximum atomic E-state index is 13.5. The molecule has 0 aliphatic heterocycles. The number of sulfone groups is 1. The lowest BCUT2D eigenvalue weighted by molar-refractivity contribution is 0.0564. The number of rotatable bonds is 7. The summed E-state index contributed by atoms with van der Waals surface area (Å²) in [6.07, 6.45) is 1.41. The fourth-order valence-corrected chi connectivity index (χ4v) is 4.53. The molecule has 0 N–H and O–H groups in total. The molecular formula is C22H19ClO7S. The molecule has 3 rings (SSSR count). The van der Waals surface area contributed by atoms with Crippen molar-refractivity contribution in [2.24, 2.45) is 0 Å². The molecule has 0 fully saturated rings. The summed E-state index contributed by atoms with van der Waals surface area (Å²) < 4.78 is 47.6. The summed E-state index contributed by atoms with van der Waals surface area (Å²) in [7, 11) is 0.107. The average Bonchev–Trinajstić information content (AvgIpc) is 3.26. The average molecular weight is 463 g/mol. The Hall–Kier alpha value is -3.23. The van der Waals surface area contributed by atoms with Crippen molar-refractivity contribution in [2.45, 2.75) is 4.90 Å². The van der Waals surface area contributed by atoms with E-state index in [1.807, 2.05) is 0 Å². The largest absolute Gasteiger partial charge is 0.493 e. The number of methoxy groups -OCH3 is 3. The molecule has 0 spiro atoms. The summed E-state index contributed by atoms with van der Waals surface area (Å²) in [6.45, 7) is 0. The zero-order valence-electron chi connectivity index (χ0n) is 16.9. The van der Waals surface area contributed by atoms with E-state index >= 15 is 0 Å². The van der Waals surface area contributed by atoms with Gasteiger partial charge < -0.3 is 18.6 Å². The fourth-order valence-electron chi connectivity index (χ4n) is 2.82. The van der Waals surface area contributed by atoms with Crippen molar-refractivity contribution in [3.63, 3.8) is 0 Å². The number of furan rings is 1. The molecular weight excluding hydrogens is 444 g/mol. The van der Waals surface area contributed by atoms with Gasteiger partial charge in [-0.15, -0.1) is 0 Å². The Morgan fingerprint density at radius 2 is 1.65 bits per heavy atom. The monoisotopic (exact) mass is 462 g/mol. The number of hydrogen-bond donors (Lipinski definition) is 0. The third-order valence-corrected chi connectivity index (χ3v) is 6.34. The van der Waals surface area contributed by atoms with Crippen molar-refractivity contribution < 1.29 is 31.8 Å². The first-order valence-electron chi connectivity index (χ1n) is 8.93. The highest BCUT2D eigenvalue weighted by molar-refractivity contribution is 8.00. The smallest absolute Gasteiger partial charge is 0.373 e. The van der Waals surface area contributed by atoms with Crippen LogP contribution in [0.1, 0.15) is 21.9 Å². The first kappa shape index (κ1) is 22.5. The van der Waals surface area contributed by atoms with Crippen molar-refractivity contribution in [3.05, 3.63) is 76.7 Å². The highest BCUT2D eigenvalue weighted by atomic mass is 35.5. The summed E-state index contributed by atoms with van der Waals surface area (Å²) in [5, 5.41) is 0.265. The third-order valence-electron chi connectivity index (χ3n) is 4.34. The van der Waals surface area contributed by atoms with E-state index in [9.17, 15) is 13.2 Å². The minimum Gasteiger partial charge on any atom is -0.493 e. The Kier molecular flexibility index (Phi) is 6.72. The highest BCUT2D eigenvalue weighted by Gasteiger charge is 2.27. The summed E-state index contributed by atoms with van der Waals surface area (Å²) in [4.78, 5) is 11.6. The molecule has 0 saturated heterocycles. The van der Waals surface area contributed by atoms with Gasteiger partial charge in [-0.05, 0) is 54.1 Å². The molecule has 9 heteroatoms. The zero-order chi connectivity index (χ0) is 22.6. The van der Waals surface area contributed by atoms with Gasteiger partial charge in [0.1, 0.15) is 10.7 Å². The van der Waals surface area contributed by atoms with Crippen LogP contribution in [0.15, 0.2) is 63.9 Å². The van der Waals surface area contributed by atoms with E-state index in [2.05, 4.69) is 4.74 Å². The first-order chi connectivity index (χ1) is 14.8. The molecule has 0 amide bonds. The minimum absolute atomic E-state index is 0.0252. The van der Waals surface area contributed by atoms with Crippen LogP contribution in [0.5, 0.6) is 11.5 Å². The molecule has 0 aliphatic rings. The van der Waals surface area contributed by atoms with Gasteiger partial charge in [-0.2, -0.15) is 0 Å². The molecule has 1 heterocycles. The van der Waals surface area contributed by atoms with Crippen molar-refractivity contribution in [2.75, 3.05) is 21.3 Å². The Morgan fingerprint density at radius 1 is 0.935 bits per heavy atom. The molecule has 0 aliphatic carbocycles. The second-order valence-corrected chi connectivity index (χ2v) is 8.59. The normalized spacial score (nSPS) is 11.8. The Balaban J connectivity index is 2.21. The van der Waals surface area contributed by atoms with Gasteiger partial charge in [0, 0.05) is 5.02 Å². The van der Waals surface area contributed by atoms with Crippen LogP contribution in [0.2, 0.25) is 5.02 Å². The summed E-state index contributed by atoms with van der Waals surface area (Å²) in [5.74, 6) is 0.0272. The van der Waals surface area contributed by atoms with E-state index in [0.717, 1.165) is 0 Å². The first-order valence-corrected chi connectivity index (χ1v) is 10.8. The SMILES string of the molecule is COC(=O)c1ccc(/C(=C\c2ccc(OC)c(OC)c2)S(=O)(=O)c2cccc(Cl)c2)o1. The van der Waals surface area contributed by atoms with E-state index in [-0.39, 0.29) is 26.3 Å². The molecule has 7 nitrogen and oxygen atoms in total. The van der Waals surface area contributed by atoms with Gasteiger partial charge in [-0.25, -0.2) is 13.2 Å². The lowest BCUT2D eigenvalue weighted by atomic mass is 10.2. The van der Waals surface area contributed by atoms with Crippen LogP contribution in [0, 0.1) is 0 Å². The number of ether oxygens (including phenoxy) is 3. The van der Waals surface area contributed by atoms with Crippen molar-refractivity contribution in [1.29, 1.82) is 0 Å². The maximum absolute atomic E-state index is 13.5. The lowest BCUT2D eigenvalue weighted by Gasteiger charge is -2.10. The molecule has 0 radical (unpaired) electrons. The van der Waals surface area contributed by atoms with Crippen LogP contribution in [0.25, 0.3) is 11.0 Å². The van der Waals surface area contributed by atoms with Crippen LogP contribution in [0.4, 0.5) is 0 Å². The molecule has 1 aromatic heterocycles. The number of halogens is 1. The second kappa shape index (κ2) is 9.28. The number of hydrogen-bond acceptors (Lipinski definition) is 7. The zero-order valence-corrected chi connectivity index (χ0v) is 18.5. The van der Waals surface area contributed by atoms with Crippen LogP contribution < -0.4 is 9.47 Å². The highest BCUT2D eigenvalue weighted by Crippen LogP contribution is 2.34. The molecule has 162 valence electrons. The Labute approximate surface area is 184 Å². The molecule has 31 heavy (non-hydrogen) atoms. The molecule has 0 saturated carbocycles. The molecule has 0 unspecified atom stereocenters. The molecule has 3 aromatic rings. The maximum Gasteiger partial charge on any atom is 0.373 e. The quantitative estimate of drug-likeness (QED) is 0.469. The van der Waals surface area contributed by atoms with Crippen LogP contribution >= 0.6 is 11.6 Å². The van der Waals surface area contributed by atoms with E-state index in [1.165, 1.54) is 57.7 Å². The summed E-state index contributed by atoms with van der Waals surface area (Å²) in [6, 6.07) is 13.5. The van der Waals surface area contributed by atoms with Gasteiger partial charge in [0.2, 0.25) is 15.6 Å². The van der Waals surface area contributed by atoms with Crippen LogP contribution in [-0.2, 0) is 14.6 Å². The molecule has 2 aromatic carbocycles. The van der Waals surface area contributed by atoms with Gasteiger partial charge in [0.05, 0.1) is 26.2 Å². The topological polar surface area (TPSA) is 92.0 Å². The van der Waals surface area contributed by atoms with Crippen LogP contribution in [-0.4, -0.2) is 35.7 Å². The number of carbonyl (C=O) groups is 1. The third kappa shape index (κ3) is 4.76.